The van der Waals surface area contributed by atoms with Crippen LogP contribution >= 0.6 is 0 Å². The highest BCUT2D eigenvalue weighted by atomic mass is 16.2. The van der Waals surface area contributed by atoms with Crippen molar-refractivity contribution in [1.82, 2.24) is 0 Å². The quantitative estimate of drug-likeness (QED) is 0.312. The molecule has 6 rings (SSSR count). The number of hydrogen-bond donors (Lipinski definition) is 0. The van der Waals surface area contributed by atoms with Crippen LogP contribution in [0.25, 0.3) is 0 Å². The first-order valence-corrected chi connectivity index (χ1v) is 12.0. The molecule has 0 N–H and O–H groups in total. The van der Waals surface area contributed by atoms with E-state index in [2.05, 4.69) is 0 Å². The van der Waals surface area contributed by atoms with Crippen molar-refractivity contribution < 1.29 is 28.3 Å². The summed E-state index contributed by atoms with van der Waals surface area (Å²) in [4.78, 5) is 58.4. The fraction of sp³-hybridized carbons (Fsp3) is 0.0667. The van der Waals surface area contributed by atoms with E-state index in [9.17, 15) is 19.2 Å². The van der Waals surface area contributed by atoms with Gasteiger partial charge in [-0.3, -0.25) is 29.0 Å². The number of allylic oxidation sites excluding steroid dienone is 2. The Labute approximate surface area is 218 Å². The molecule has 0 bridgehead atoms. The Morgan fingerprint density at radius 2 is 0.921 bits per heavy atom. The Balaban J connectivity index is 1.64. The van der Waals surface area contributed by atoms with Crippen molar-refractivity contribution in [2.24, 2.45) is 14.1 Å². The van der Waals surface area contributed by atoms with Gasteiger partial charge in [0, 0.05) is 35.4 Å². The summed E-state index contributed by atoms with van der Waals surface area (Å²) in [6.07, 6.45) is 3.46. The first-order chi connectivity index (χ1) is 18.4. The van der Waals surface area contributed by atoms with Gasteiger partial charge in [-0.15, -0.1) is 0 Å². The van der Waals surface area contributed by atoms with Crippen LogP contribution in [0.1, 0.15) is 41.7 Å². The first-order valence-electron chi connectivity index (χ1n) is 12.0. The standard InChI is InChI=1S/C30H22N4O4/c1-31-17-9-7-15-23(31)29(37)33-21-13-5-3-11-19(21)27(35)25(33)26-28(36)20-12-4-6-14-22(20)34(26)30(38)24-16-8-10-18-32(24)2/h3-18H,1-2H3/q+2/b26-25+. The summed E-state index contributed by atoms with van der Waals surface area (Å²) in [6, 6.07) is 23.7. The highest BCUT2D eigenvalue weighted by molar-refractivity contribution is 6.35. The third-order valence-corrected chi connectivity index (χ3v) is 6.83. The van der Waals surface area contributed by atoms with Crippen LogP contribution in [0, 0.1) is 0 Å². The zero-order valence-corrected chi connectivity index (χ0v) is 20.7. The van der Waals surface area contributed by atoms with Gasteiger partial charge in [0.25, 0.3) is 11.4 Å². The maximum Gasteiger partial charge on any atom is 0.327 e. The highest BCUT2D eigenvalue weighted by Gasteiger charge is 2.48. The summed E-state index contributed by atoms with van der Waals surface area (Å²) in [5.41, 5.74) is 1.61. The number of carbonyl (C=O) groups excluding carboxylic acids is 4. The van der Waals surface area contributed by atoms with E-state index >= 15 is 0 Å². The topological polar surface area (TPSA) is 82.5 Å². The fourth-order valence-corrected chi connectivity index (χ4v) is 4.99. The number of benzene rings is 2. The fourth-order valence-electron chi connectivity index (χ4n) is 4.99. The summed E-state index contributed by atoms with van der Waals surface area (Å²) >= 11 is 0. The van der Waals surface area contributed by atoms with Crippen LogP contribution < -0.4 is 18.9 Å². The highest BCUT2D eigenvalue weighted by Crippen LogP contribution is 2.43. The minimum Gasteiger partial charge on any atom is -0.287 e. The van der Waals surface area contributed by atoms with E-state index in [1.165, 1.54) is 9.80 Å². The molecule has 0 aliphatic carbocycles. The van der Waals surface area contributed by atoms with Gasteiger partial charge in [-0.05, 0) is 36.4 Å². The molecule has 38 heavy (non-hydrogen) atoms. The van der Waals surface area contributed by atoms with Crippen molar-refractivity contribution in [2.75, 3.05) is 9.80 Å². The summed E-state index contributed by atoms with van der Waals surface area (Å²) in [5, 5.41) is 0. The first kappa shape index (κ1) is 23.2. The summed E-state index contributed by atoms with van der Waals surface area (Å²) < 4.78 is 3.29. The number of amides is 2. The molecule has 0 spiro atoms. The molecule has 0 radical (unpaired) electrons. The molecule has 2 aliphatic heterocycles. The van der Waals surface area contributed by atoms with Crippen LogP contribution in [0.15, 0.2) is 109 Å². The van der Waals surface area contributed by atoms with Crippen LogP contribution in [0.4, 0.5) is 11.4 Å². The van der Waals surface area contributed by atoms with Crippen LogP contribution in [-0.2, 0) is 14.1 Å². The Hall–Kier alpha value is -5.24. The van der Waals surface area contributed by atoms with E-state index in [1.807, 2.05) is 0 Å². The van der Waals surface area contributed by atoms with Gasteiger partial charge < -0.3 is 0 Å². The Bertz CT molecular complexity index is 1610. The van der Waals surface area contributed by atoms with Gasteiger partial charge in [-0.2, -0.15) is 9.13 Å². The zero-order valence-electron chi connectivity index (χ0n) is 20.7. The number of fused-ring (bicyclic) bond motifs is 2. The van der Waals surface area contributed by atoms with Gasteiger partial charge >= 0.3 is 11.8 Å². The number of hydrogen-bond acceptors (Lipinski definition) is 4. The normalized spacial score (nSPS) is 16.1. The molecular formula is C30H22N4O4+2. The lowest BCUT2D eigenvalue weighted by atomic mass is 10.1. The van der Waals surface area contributed by atoms with E-state index in [-0.39, 0.29) is 22.5 Å². The second kappa shape index (κ2) is 8.70. The molecule has 2 amide bonds. The van der Waals surface area contributed by atoms with Crippen LogP contribution in [0.2, 0.25) is 0 Å². The summed E-state index contributed by atoms with van der Waals surface area (Å²) in [6.45, 7) is 0. The maximum absolute atomic E-state index is 14.0. The van der Waals surface area contributed by atoms with Crippen molar-refractivity contribution in [2.45, 2.75) is 0 Å². The minimum absolute atomic E-state index is 0.145. The number of Topliss-reactive ketones (excluding diaryl/α,β-unsaturated/α-hetero) is 2. The molecule has 8 heteroatoms. The van der Waals surface area contributed by atoms with E-state index < -0.39 is 23.4 Å². The molecule has 184 valence electrons. The molecule has 4 aromatic rings. The average Bonchev–Trinajstić information content (AvgIpc) is 3.39. The number of aromatic nitrogens is 2. The second-order valence-corrected chi connectivity index (χ2v) is 9.06. The Morgan fingerprint density at radius 1 is 0.553 bits per heavy atom. The maximum atomic E-state index is 14.0. The molecule has 4 heterocycles. The van der Waals surface area contributed by atoms with Crippen molar-refractivity contribution in [3.05, 3.63) is 131 Å². The molecule has 0 fully saturated rings. The smallest absolute Gasteiger partial charge is 0.287 e. The largest absolute Gasteiger partial charge is 0.327 e. The van der Waals surface area contributed by atoms with Crippen LogP contribution in [0.5, 0.6) is 0 Å². The predicted molar refractivity (Wildman–Crippen MR) is 137 cm³/mol. The summed E-state index contributed by atoms with van der Waals surface area (Å²) in [7, 11) is 3.46. The zero-order chi connectivity index (χ0) is 26.6. The van der Waals surface area contributed by atoms with Gasteiger partial charge in [0.15, 0.2) is 12.4 Å². The van der Waals surface area contributed by atoms with E-state index in [0.717, 1.165) is 0 Å². The number of carbonyl (C=O) groups is 4. The van der Waals surface area contributed by atoms with E-state index in [4.69, 9.17) is 0 Å². The molecule has 0 saturated heterocycles. The van der Waals surface area contributed by atoms with Crippen molar-refractivity contribution in [3.8, 4) is 0 Å². The van der Waals surface area contributed by atoms with Crippen molar-refractivity contribution >= 4 is 34.8 Å². The lowest BCUT2D eigenvalue weighted by Crippen LogP contribution is -2.45. The molecule has 2 aromatic heterocycles. The van der Waals surface area contributed by atoms with Gasteiger partial charge in [-0.1, -0.05) is 24.3 Å². The van der Waals surface area contributed by atoms with Crippen LogP contribution in [0.3, 0.4) is 0 Å². The minimum atomic E-state index is -0.501. The monoisotopic (exact) mass is 502 g/mol. The third kappa shape index (κ3) is 3.31. The average molecular weight is 503 g/mol. The summed E-state index contributed by atoms with van der Waals surface area (Å²) in [5.74, 6) is -1.98. The van der Waals surface area contributed by atoms with Crippen molar-refractivity contribution in [1.29, 1.82) is 0 Å². The Kier molecular flexibility index (Phi) is 5.31. The lowest BCUT2D eigenvalue weighted by Gasteiger charge is -2.23. The molecule has 0 saturated carbocycles. The lowest BCUT2D eigenvalue weighted by molar-refractivity contribution is -0.673. The molecule has 2 aliphatic rings. The SMILES string of the molecule is C[n+]1ccccc1C(=O)N1/C(=C2\C(=O)c3ccccc3N2C(=O)c2cccc[n+]2C)C(=O)c2ccccc21. The molecule has 0 unspecified atom stereocenters. The van der Waals surface area contributed by atoms with Gasteiger partial charge in [0.05, 0.1) is 11.4 Å². The van der Waals surface area contributed by atoms with Gasteiger partial charge in [-0.25, -0.2) is 0 Å². The van der Waals surface area contributed by atoms with Crippen LogP contribution in [-0.4, -0.2) is 23.4 Å². The third-order valence-electron chi connectivity index (χ3n) is 6.83. The number of rotatable bonds is 2. The Morgan fingerprint density at radius 3 is 1.32 bits per heavy atom. The molecule has 0 atom stereocenters. The van der Waals surface area contributed by atoms with E-state index in [1.54, 1.807) is 121 Å². The number of aryl methyl sites for hydroxylation is 2. The van der Waals surface area contributed by atoms with E-state index in [0.29, 0.717) is 22.8 Å². The number of nitrogens with zero attached hydrogens (tertiary/aromatic N) is 4. The number of ketones is 2. The second-order valence-electron chi connectivity index (χ2n) is 9.06. The number of pyridine rings is 2. The van der Waals surface area contributed by atoms with Gasteiger partial charge in [0.1, 0.15) is 25.5 Å². The van der Waals surface area contributed by atoms with Gasteiger partial charge in [0.2, 0.25) is 11.6 Å². The molecule has 8 nitrogen and oxygen atoms in total. The van der Waals surface area contributed by atoms with Crippen molar-refractivity contribution in [3.63, 3.8) is 0 Å². The number of anilines is 2. The molecular weight excluding hydrogens is 480 g/mol. The predicted octanol–water partition coefficient (Wildman–Crippen LogP) is 2.93. The molecule has 2 aromatic carbocycles. The number of para-hydroxylation sites is 2.